The van der Waals surface area contributed by atoms with Crippen molar-refractivity contribution >= 4 is 28.9 Å². The Hall–Kier alpha value is -2.15. The second-order valence-corrected chi connectivity index (χ2v) is 6.88. The van der Waals surface area contributed by atoms with E-state index in [1.54, 1.807) is 30.5 Å². The number of nitrogen functional groups attached to an aromatic ring is 1. The van der Waals surface area contributed by atoms with Gasteiger partial charge in [0.2, 0.25) is 0 Å². The van der Waals surface area contributed by atoms with Gasteiger partial charge < -0.3 is 15.4 Å². The van der Waals surface area contributed by atoms with Crippen molar-refractivity contribution < 1.29 is 9.63 Å². The lowest BCUT2D eigenvalue weighted by molar-refractivity contribution is 0.277. The van der Waals surface area contributed by atoms with Crippen LogP contribution in [0.3, 0.4) is 0 Å². The van der Waals surface area contributed by atoms with Crippen LogP contribution in [-0.4, -0.2) is 20.2 Å². The van der Waals surface area contributed by atoms with E-state index in [4.69, 9.17) is 38.6 Å². The van der Waals surface area contributed by atoms with Gasteiger partial charge in [-0.25, -0.2) is 0 Å². The Morgan fingerprint density at radius 3 is 2.48 bits per heavy atom. The molecule has 1 aliphatic rings. The molecule has 0 amide bonds. The predicted octanol–water partition coefficient (Wildman–Crippen LogP) is 3.59. The molecule has 2 heterocycles. The van der Waals surface area contributed by atoms with Crippen LogP contribution in [0.15, 0.2) is 35.0 Å². The molecule has 0 bridgehead atoms. The van der Waals surface area contributed by atoms with Crippen molar-refractivity contribution in [2.24, 2.45) is 0 Å². The van der Waals surface area contributed by atoms with Gasteiger partial charge in [0.1, 0.15) is 0 Å². The minimum Gasteiger partial charge on any atom is -0.399 e. The van der Waals surface area contributed by atoms with Gasteiger partial charge in [-0.1, -0.05) is 28.4 Å². The van der Waals surface area contributed by atoms with Gasteiger partial charge in [-0.2, -0.15) is 4.98 Å². The number of benzene rings is 1. The van der Waals surface area contributed by atoms with E-state index in [0.29, 0.717) is 38.7 Å². The lowest BCUT2D eigenvalue weighted by Gasteiger charge is -2.15. The number of nitrogens with zero attached hydrogens (tertiary/aromatic N) is 3. The Bertz CT molecular complexity index is 913. The standard InChI is InChI=1S/C17H14Cl2N4O2/c18-12-5-10(20)6-13(19)14(12)17(3-4-17)16-22-15(25-23-16)9-1-2-11(8-24)21-7-9/h1-2,5-7,24H,3-4,8,20H2. The molecule has 6 nitrogen and oxygen atoms in total. The number of aliphatic hydroxyl groups excluding tert-OH is 1. The number of aliphatic hydroxyl groups is 1. The topological polar surface area (TPSA) is 98.1 Å². The third-order valence-electron chi connectivity index (χ3n) is 4.38. The minimum absolute atomic E-state index is 0.118. The van der Waals surface area contributed by atoms with Crippen LogP contribution < -0.4 is 5.73 Å². The first-order valence-corrected chi connectivity index (χ1v) is 8.44. The molecule has 1 aromatic carbocycles. The smallest absolute Gasteiger partial charge is 0.259 e. The molecule has 1 fully saturated rings. The largest absolute Gasteiger partial charge is 0.399 e. The lowest BCUT2D eigenvalue weighted by atomic mass is 9.94. The maximum atomic E-state index is 9.07. The molecule has 0 spiro atoms. The van der Waals surface area contributed by atoms with Crippen LogP contribution in [0.5, 0.6) is 0 Å². The quantitative estimate of drug-likeness (QED) is 0.675. The summed E-state index contributed by atoms with van der Waals surface area (Å²) >= 11 is 12.8. The van der Waals surface area contributed by atoms with Crippen molar-refractivity contribution in [2.75, 3.05) is 5.73 Å². The minimum atomic E-state index is -0.442. The van der Waals surface area contributed by atoms with E-state index in [9.17, 15) is 0 Å². The van der Waals surface area contributed by atoms with Crippen LogP contribution in [0, 0.1) is 0 Å². The molecule has 2 aromatic heterocycles. The molecule has 25 heavy (non-hydrogen) atoms. The number of aromatic nitrogens is 3. The molecule has 0 saturated heterocycles. The van der Waals surface area contributed by atoms with Gasteiger partial charge in [0, 0.05) is 27.5 Å². The number of hydrogen-bond acceptors (Lipinski definition) is 6. The average molecular weight is 377 g/mol. The molecule has 3 N–H and O–H groups in total. The van der Waals surface area contributed by atoms with Crippen LogP contribution in [-0.2, 0) is 12.0 Å². The van der Waals surface area contributed by atoms with E-state index < -0.39 is 5.41 Å². The highest BCUT2D eigenvalue weighted by molar-refractivity contribution is 6.36. The van der Waals surface area contributed by atoms with Gasteiger partial charge in [-0.15, -0.1) is 0 Å². The SMILES string of the molecule is Nc1cc(Cl)c(C2(c3noc(-c4ccc(CO)nc4)n3)CC2)c(Cl)c1. The van der Waals surface area contributed by atoms with E-state index in [1.165, 1.54) is 0 Å². The Labute approximate surface area is 153 Å². The highest BCUT2D eigenvalue weighted by Gasteiger charge is 2.52. The Morgan fingerprint density at radius 2 is 1.92 bits per heavy atom. The number of rotatable bonds is 4. The van der Waals surface area contributed by atoms with Crippen molar-refractivity contribution in [1.29, 1.82) is 0 Å². The highest BCUT2D eigenvalue weighted by atomic mass is 35.5. The van der Waals surface area contributed by atoms with Crippen LogP contribution in [0.4, 0.5) is 5.69 Å². The third kappa shape index (κ3) is 2.76. The second-order valence-electron chi connectivity index (χ2n) is 6.06. The summed E-state index contributed by atoms with van der Waals surface area (Å²) in [7, 11) is 0. The monoisotopic (exact) mass is 376 g/mol. The van der Waals surface area contributed by atoms with Crippen molar-refractivity contribution in [3.8, 4) is 11.5 Å². The van der Waals surface area contributed by atoms with E-state index >= 15 is 0 Å². The summed E-state index contributed by atoms with van der Waals surface area (Å²) in [6.45, 7) is -0.118. The molecule has 0 aliphatic heterocycles. The zero-order valence-electron chi connectivity index (χ0n) is 13.0. The molecule has 128 valence electrons. The summed E-state index contributed by atoms with van der Waals surface area (Å²) in [4.78, 5) is 8.65. The lowest BCUT2D eigenvalue weighted by Crippen LogP contribution is -2.12. The molecule has 3 aromatic rings. The van der Waals surface area contributed by atoms with Crippen LogP contribution >= 0.6 is 23.2 Å². The van der Waals surface area contributed by atoms with E-state index in [2.05, 4.69) is 15.1 Å². The van der Waals surface area contributed by atoms with E-state index in [-0.39, 0.29) is 6.61 Å². The Kier molecular flexibility index (Phi) is 3.91. The molecular weight excluding hydrogens is 363 g/mol. The van der Waals surface area contributed by atoms with Gasteiger partial charge in [-0.3, -0.25) is 4.98 Å². The predicted molar refractivity (Wildman–Crippen MR) is 94.3 cm³/mol. The molecule has 4 rings (SSSR count). The van der Waals surface area contributed by atoms with Gasteiger partial charge in [0.15, 0.2) is 5.82 Å². The number of pyridine rings is 1. The molecular formula is C17H14Cl2N4O2. The fraction of sp³-hybridized carbons (Fsp3) is 0.235. The number of halogens is 2. The average Bonchev–Trinajstić information content (AvgIpc) is 3.21. The molecule has 1 aliphatic carbocycles. The van der Waals surface area contributed by atoms with Gasteiger partial charge in [0.05, 0.1) is 23.3 Å². The van der Waals surface area contributed by atoms with Crippen molar-refractivity contribution in [3.63, 3.8) is 0 Å². The summed E-state index contributed by atoms with van der Waals surface area (Å²) < 4.78 is 5.40. The fourth-order valence-corrected chi connectivity index (χ4v) is 3.81. The molecule has 8 heteroatoms. The number of anilines is 1. The number of hydrogen-bond donors (Lipinski definition) is 2. The van der Waals surface area contributed by atoms with Gasteiger partial charge >= 0.3 is 0 Å². The summed E-state index contributed by atoms with van der Waals surface area (Å²) in [5.41, 5.74) is 7.90. The normalized spacial score (nSPS) is 15.3. The zero-order chi connectivity index (χ0) is 17.6. The molecule has 0 radical (unpaired) electrons. The van der Waals surface area contributed by atoms with Gasteiger partial charge in [0.25, 0.3) is 5.89 Å². The first-order chi connectivity index (χ1) is 12.0. The second kappa shape index (κ2) is 5.98. The van der Waals surface area contributed by atoms with Gasteiger partial charge in [-0.05, 0) is 37.1 Å². The first kappa shape index (κ1) is 16.3. The van der Waals surface area contributed by atoms with Crippen LogP contribution in [0.25, 0.3) is 11.5 Å². The van der Waals surface area contributed by atoms with Crippen molar-refractivity contribution in [1.82, 2.24) is 15.1 Å². The summed E-state index contributed by atoms with van der Waals surface area (Å²) in [5.74, 6) is 0.906. The maximum absolute atomic E-state index is 9.07. The highest BCUT2D eigenvalue weighted by Crippen LogP contribution is 2.56. The molecule has 1 saturated carbocycles. The molecule has 0 atom stereocenters. The summed E-state index contributed by atoms with van der Waals surface area (Å²) in [6, 6.07) is 6.85. The van der Waals surface area contributed by atoms with E-state index in [0.717, 1.165) is 18.4 Å². The van der Waals surface area contributed by atoms with E-state index in [1.807, 2.05) is 0 Å². The maximum Gasteiger partial charge on any atom is 0.259 e. The van der Waals surface area contributed by atoms with Crippen LogP contribution in [0.1, 0.15) is 29.9 Å². The summed E-state index contributed by atoms with van der Waals surface area (Å²) in [6.07, 6.45) is 3.25. The Morgan fingerprint density at radius 1 is 1.20 bits per heavy atom. The third-order valence-corrected chi connectivity index (χ3v) is 4.98. The van der Waals surface area contributed by atoms with Crippen LogP contribution in [0.2, 0.25) is 10.0 Å². The summed E-state index contributed by atoms with van der Waals surface area (Å²) in [5, 5.41) is 14.2. The molecule has 0 unspecified atom stereocenters. The zero-order valence-corrected chi connectivity index (χ0v) is 14.6. The Balaban J connectivity index is 1.72. The first-order valence-electron chi connectivity index (χ1n) is 7.69. The number of nitrogens with two attached hydrogens (primary N) is 1. The van der Waals surface area contributed by atoms with Crippen molar-refractivity contribution in [2.45, 2.75) is 24.9 Å². The fourth-order valence-electron chi connectivity index (χ4n) is 2.94. The van der Waals surface area contributed by atoms with Crippen molar-refractivity contribution in [3.05, 3.63) is 57.6 Å².